The average Bonchev–Trinajstić information content (AvgIpc) is 3.13. The van der Waals surface area contributed by atoms with Gasteiger partial charge in [0.15, 0.2) is 6.61 Å². The van der Waals surface area contributed by atoms with Crippen LogP contribution in [0.5, 0.6) is 0 Å². The molecular formula is C29H22N2O5. The van der Waals surface area contributed by atoms with Gasteiger partial charge in [0, 0.05) is 11.1 Å². The number of carbonyl (C=O) groups is 4. The first-order valence-electron chi connectivity index (χ1n) is 11.4. The number of hydrogen-bond acceptors (Lipinski definition) is 5. The number of amides is 3. The van der Waals surface area contributed by atoms with Gasteiger partial charge < -0.3 is 10.1 Å². The lowest BCUT2D eigenvalue weighted by Crippen LogP contribution is -2.30. The second-order valence-electron chi connectivity index (χ2n) is 8.65. The number of aryl methyl sites for hydroxylation is 2. The number of fused-ring (bicyclic) bond motifs is 2. The minimum atomic E-state index is -0.767. The normalized spacial score (nSPS) is 12.6. The van der Waals surface area contributed by atoms with Crippen molar-refractivity contribution in [3.05, 3.63) is 107 Å². The minimum absolute atomic E-state index is 0.0793. The van der Waals surface area contributed by atoms with Crippen LogP contribution in [0, 0.1) is 13.8 Å². The number of nitrogens with zero attached hydrogens (tertiary/aromatic N) is 1. The Kier molecular flexibility index (Phi) is 5.82. The highest BCUT2D eigenvalue weighted by Crippen LogP contribution is 2.32. The lowest BCUT2D eigenvalue weighted by atomic mass is 10.1. The fraction of sp³-hybridized carbons (Fsp3) is 0.103. The van der Waals surface area contributed by atoms with Gasteiger partial charge in [-0.3, -0.25) is 14.4 Å². The van der Waals surface area contributed by atoms with Crippen molar-refractivity contribution in [1.82, 2.24) is 0 Å². The fourth-order valence-corrected chi connectivity index (χ4v) is 4.28. The summed E-state index contributed by atoms with van der Waals surface area (Å²) >= 11 is 0. The molecule has 7 nitrogen and oxygen atoms in total. The van der Waals surface area contributed by atoms with Crippen LogP contribution in [0.4, 0.5) is 11.4 Å². The van der Waals surface area contributed by atoms with Gasteiger partial charge in [-0.15, -0.1) is 0 Å². The molecule has 4 aromatic rings. The molecule has 36 heavy (non-hydrogen) atoms. The van der Waals surface area contributed by atoms with Gasteiger partial charge in [-0.25, -0.2) is 9.69 Å². The summed E-state index contributed by atoms with van der Waals surface area (Å²) in [6.45, 7) is 3.21. The van der Waals surface area contributed by atoms with E-state index in [9.17, 15) is 19.2 Å². The number of anilines is 2. The molecule has 0 bridgehead atoms. The van der Waals surface area contributed by atoms with Crippen molar-refractivity contribution in [2.75, 3.05) is 16.8 Å². The van der Waals surface area contributed by atoms with Gasteiger partial charge in [0.1, 0.15) is 0 Å². The summed E-state index contributed by atoms with van der Waals surface area (Å²) in [4.78, 5) is 52.3. The van der Waals surface area contributed by atoms with E-state index in [4.69, 9.17) is 4.74 Å². The molecule has 0 saturated heterocycles. The predicted octanol–water partition coefficient (Wildman–Crippen LogP) is 5.05. The van der Waals surface area contributed by atoms with Crippen molar-refractivity contribution in [2.24, 2.45) is 0 Å². The molecule has 178 valence electrons. The largest absolute Gasteiger partial charge is 0.452 e. The first-order valence-corrected chi connectivity index (χ1v) is 11.4. The number of nitrogens with one attached hydrogen (secondary N) is 1. The minimum Gasteiger partial charge on any atom is -0.452 e. The molecule has 0 aromatic heterocycles. The summed E-state index contributed by atoms with van der Waals surface area (Å²) in [6.07, 6.45) is 0. The van der Waals surface area contributed by atoms with E-state index in [-0.39, 0.29) is 16.7 Å². The zero-order chi connectivity index (χ0) is 25.4. The lowest BCUT2D eigenvalue weighted by Gasteiger charge is -2.17. The fourth-order valence-electron chi connectivity index (χ4n) is 4.28. The lowest BCUT2D eigenvalue weighted by molar-refractivity contribution is -0.119. The molecule has 1 heterocycles. The molecule has 0 saturated carbocycles. The van der Waals surface area contributed by atoms with Crippen molar-refractivity contribution >= 4 is 45.8 Å². The van der Waals surface area contributed by atoms with E-state index < -0.39 is 30.3 Å². The molecule has 4 aromatic carbocycles. The van der Waals surface area contributed by atoms with Crippen molar-refractivity contribution in [3.8, 4) is 0 Å². The highest BCUT2D eigenvalue weighted by atomic mass is 16.5. The van der Waals surface area contributed by atoms with E-state index in [1.165, 1.54) is 18.2 Å². The highest BCUT2D eigenvalue weighted by molar-refractivity contribution is 6.35. The van der Waals surface area contributed by atoms with Crippen LogP contribution >= 0.6 is 0 Å². The van der Waals surface area contributed by atoms with Gasteiger partial charge >= 0.3 is 5.97 Å². The van der Waals surface area contributed by atoms with Gasteiger partial charge in [-0.1, -0.05) is 48.5 Å². The van der Waals surface area contributed by atoms with Gasteiger partial charge in [-0.05, 0) is 60.7 Å². The Morgan fingerprint density at radius 1 is 0.833 bits per heavy atom. The molecule has 7 heteroatoms. The number of imide groups is 1. The predicted molar refractivity (Wildman–Crippen MR) is 136 cm³/mol. The monoisotopic (exact) mass is 478 g/mol. The van der Waals surface area contributed by atoms with Crippen molar-refractivity contribution in [3.63, 3.8) is 0 Å². The summed E-state index contributed by atoms with van der Waals surface area (Å²) in [5, 5.41) is 4.60. The van der Waals surface area contributed by atoms with Crippen LogP contribution in [0.1, 0.15) is 42.2 Å². The third kappa shape index (κ3) is 4.11. The smallest absolute Gasteiger partial charge is 0.338 e. The summed E-state index contributed by atoms with van der Waals surface area (Å²) in [5.41, 5.74) is 3.24. The SMILES string of the molecule is Cc1ccc(C)c(N2C(=O)c3ccc(C(=O)OCC(=O)Nc4cccc5ccccc45)cc3C2=O)c1. The molecule has 1 aliphatic heterocycles. The molecule has 1 aliphatic rings. The van der Waals surface area contributed by atoms with Gasteiger partial charge in [-0.2, -0.15) is 0 Å². The summed E-state index contributed by atoms with van der Waals surface area (Å²) < 4.78 is 5.18. The zero-order valence-corrected chi connectivity index (χ0v) is 19.7. The van der Waals surface area contributed by atoms with Crippen molar-refractivity contribution in [1.29, 1.82) is 0 Å². The second kappa shape index (κ2) is 9.11. The molecule has 1 N–H and O–H groups in total. The Morgan fingerprint density at radius 3 is 2.42 bits per heavy atom. The molecule has 0 atom stereocenters. The van der Waals surface area contributed by atoms with Crippen LogP contribution in [0.25, 0.3) is 10.8 Å². The molecule has 0 fully saturated rings. The number of carbonyl (C=O) groups excluding carboxylic acids is 4. The third-order valence-corrected chi connectivity index (χ3v) is 6.13. The van der Waals surface area contributed by atoms with Crippen LogP contribution in [0.15, 0.2) is 78.9 Å². The number of hydrogen-bond donors (Lipinski definition) is 1. The molecule has 0 spiro atoms. The number of benzene rings is 4. The zero-order valence-electron chi connectivity index (χ0n) is 19.7. The van der Waals surface area contributed by atoms with Crippen LogP contribution < -0.4 is 10.2 Å². The van der Waals surface area contributed by atoms with Gasteiger partial charge in [0.05, 0.1) is 22.4 Å². The Balaban J connectivity index is 1.30. The van der Waals surface area contributed by atoms with E-state index in [0.717, 1.165) is 26.8 Å². The maximum atomic E-state index is 13.1. The van der Waals surface area contributed by atoms with E-state index in [1.807, 2.05) is 62.4 Å². The van der Waals surface area contributed by atoms with E-state index in [2.05, 4.69) is 5.32 Å². The van der Waals surface area contributed by atoms with E-state index in [0.29, 0.717) is 11.4 Å². The average molecular weight is 479 g/mol. The van der Waals surface area contributed by atoms with E-state index >= 15 is 0 Å². The van der Waals surface area contributed by atoms with Gasteiger partial charge in [0.2, 0.25) is 0 Å². The Labute approximate surface area is 207 Å². The molecule has 0 radical (unpaired) electrons. The van der Waals surface area contributed by atoms with Crippen LogP contribution in [0.3, 0.4) is 0 Å². The van der Waals surface area contributed by atoms with E-state index in [1.54, 1.807) is 12.1 Å². The number of esters is 1. The molecule has 5 rings (SSSR count). The molecule has 0 unspecified atom stereocenters. The van der Waals surface area contributed by atoms with Crippen LogP contribution in [-0.4, -0.2) is 30.3 Å². The van der Waals surface area contributed by atoms with Crippen molar-refractivity contribution < 1.29 is 23.9 Å². The summed E-state index contributed by atoms with van der Waals surface area (Å²) in [5.74, 6) is -2.21. The Morgan fingerprint density at radius 2 is 1.58 bits per heavy atom. The number of ether oxygens (including phenoxy) is 1. The number of rotatable bonds is 5. The topological polar surface area (TPSA) is 92.8 Å². The molecular weight excluding hydrogens is 456 g/mol. The van der Waals surface area contributed by atoms with Crippen LogP contribution in [0.2, 0.25) is 0 Å². The quantitative estimate of drug-likeness (QED) is 0.320. The summed E-state index contributed by atoms with van der Waals surface area (Å²) in [7, 11) is 0. The first-order chi connectivity index (χ1) is 17.3. The maximum absolute atomic E-state index is 13.1. The Bertz CT molecular complexity index is 1570. The molecule has 3 amide bonds. The Hall–Kier alpha value is -4.78. The molecule has 0 aliphatic carbocycles. The van der Waals surface area contributed by atoms with Crippen LogP contribution in [-0.2, 0) is 9.53 Å². The van der Waals surface area contributed by atoms with Crippen molar-refractivity contribution in [2.45, 2.75) is 13.8 Å². The first kappa shape index (κ1) is 23.0. The standard InChI is InChI=1S/C29H22N2O5/c1-17-10-11-18(2)25(14-17)31-27(33)22-13-12-20(15-23(22)28(31)34)29(35)36-16-26(32)30-24-9-5-7-19-6-3-4-8-21(19)24/h3-15H,16H2,1-2H3,(H,30,32). The second-order valence-corrected chi connectivity index (χ2v) is 8.65. The maximum Gasteiger partial charge on any atom is 0.338 e. The highest BCUT2D eigenvalue weighted by Gasteiger charge is 2.38. The summed E-state index contributed by atoms with van der Waals surface area (Å²) in [6, 6.07) is 22.9. The van der Waals surface area contributed by atoms with Gasteiger partial charge in [0.25, 0.3) is 17.7 Å². The third-order valence-electron chi connectivity index (χ3n) is 6.13.